The van der Waals surface area contributed by atoms with E-state index < -0.39 is 30.2 Å². The summed E-state index contributed by atoms with van der Waals surface area (Å²) in [5, 5.41) is 32.5. The molecule has 1 heterocycles. The zero-order chi connectivity index (χ0) is 16.0. The monoisotopic (exact) mass is 302 g/mol. The molecule has 1 rings (SSSR count). The fraction of sp³-hybridized carbons (Fsp3) is 0.933. The number of likely N-dealkylation sites (tertiary alicyclic amines) is 1. The van der Waals surface area contributed by atoms with Crippen LogP contribution in [-0.4, -0.2) is 70.6 Å². The van der Waals surface area contributed by atoms with Gasteiger partial charge in [0.15, 0.2) is 0 Å². The highest BCUT2D eigenvalue weighted by Crippen LogP contribution is 2.30. The molecule has 0 aromatic heterocycles. The maximum atomic E-state index is 11.9. The van der Waals surface area contributed by atoms with Gasteiger partial charge in [-0.1, -0.05) is 33.1 Å². The molecule has 6 heteroatoms. The minimum Gasteiger partial charge on any atom is -0.395 e. The van der Waals surface area contributed by atoms with Crippen LogP contribution in [0.2, 0.25) is 0 Å². The molecule has 0 aromatic rings. The largest absolute Gasteiger partial charge is 0.395 e. The molecule has 0 radical (unpaired) electrons. The number of rotatable bonds is 8. The van der Waals surface area contributed by atoms with Gasteiger partial charge in [0, 0.05) is 13.1 Å². The predicted octanol–water partition coefficient (Wildman–Crippen LogP) is -0.284. The second kappa shape index (κ2) is 8.68. The zero-order valence-corrected chi connectivity index (χ0v) is 13.3. The van der Waals surface area contributed by atoms with Crippen molar-refractivity contribution in [3.8, 4) is 0 Å². The summed E-state index contributed by atoms with van der Waals surface area (Å²) in [5.74, 6) is -0.606. The van der Waals surface area contributed by atoms with Gasteiger partial charge in [-0.15, -0.1) is 0 Å². The Morgan fingerprint density at radius 1 is 1.24 bits per heavy atom. The third-order valence-electron chi connectivity index (χ3n) is 4.53. The lowest BCUT2D eigenvalue weighted by Crippen LogP contribution is -2.48. The number of hydrogen-bond acceptors (Lipinski definition) is 5. The third-order valence-corrected chi connectivity index (χ3v) is 4.53. The first-order valence-corrected chi connectivity index (χ1v) is 7.93. The zero-order valence-electron chi connectivity index (χ0n) is 13.3. The van der Waals surface area contributed by atoms with Crippen LogP contribution in [0.25, 0.3) is 0 Å². The first kappa shape index (κ1) is 18.4. The molecule has 124 valence electrons. The van der Waals surface area contributed by atoms with Crippen molar-refractivity contribution in [2.75, 3.05) is 20.2 Å². The summed E-state index contributed by atoms with van der Waals surface area (Å²) in [4.78, 5) is 13.8. The minimum atomic E-state index is -1.02. The van der Waals surface area contributed by atoms with E-state index in [0.717, 1.165) is 25.7 Å². The van der Waals surface area contributed by atoms with Crippen molar-refractivity contribution in [2.45, 2.75) is 63.8 Å². The first-order valence-electron chi connectivity index (χ1n) is 7.93. The van der Waals surface area contributed by atoms with E-state index in [4.69, 9.17) is 0 Å². The van der Waals surface area contributed by atoms with E-state index in [1.54, 1.807) is 14.0 Å². The van der Waals surface area contributed by atoms with Gasteiger partial charge in [-0.3, -0.25) is 9.69 Å². The lowest BCUT2D eigenvalue weighted by Gasteiger charge is -2.32. The van der Waals surface area contributed by atoms with Crippen molar-refractivity contribution in [3.05, 3.63) is 0 Å². The molecule has 0 spiro atoms. The van der Waals surface area contributed by atoms with E-state index in [2.05, 4.69) is 12.2 Å². The molecule has 1 aliphatic rings. The van der Waals surface area contributed by atoms with E-state index >= 15 is 0 Å². The highest BCUT2D eigenvalue weighted by molar-refractivity contribution is 5.78. The fourth-order valence-electron chi connectivity index (χ4n) is 3.26. The molecule has 1 aliphatic heterocycles. The highest BCUT2D eigenvalue weighted by atomic mass is 16.3. The van der Waals surface area contributed by atoms with Crippen LogP contribution in [0.5, 0.6) is 0 Å². The molecule has 1 saturated heterocycles. The third kappa shape index (κ3) is 4.16. The van der Waals surface area contributed by atoms with Crippen LogP contribution in [0.3, 0.4) is 0 Å². The van der Waals surface area contributed by atoms with Crippen molar-refractivity contribution in [2.24, 2.45) is 5.92 Å². The van der Waals surface area contributed by atoms with Crippen molar-refractivity contribution in [1.82, 2.24) is 10.2 Å². The summed E-state index contributed by atoms with van der Waals surface area (Å²) in [5.41, 5.74) is 0. The number of unbranched alkanes of at least 4 members (excludes halogenated alkanes) is 3. The molecule has 0 aliphatic carbocycles. The topological polar surface area (TPSA) is 93.0 Å². The Morgan fingerprint density at radius 3 is 2.43 bits per heavy atom. The molecule has 4 N–H and O–H groups in total. The highest BCUT2D eigenvalue weighted by Gasteiger charge is 2.50. The second-order valence-electron chi connectivity index (χ2n) is 5.92. The van der Waals surface area contributed by atoms with Crippen LogP contribution in [0.4, 0.5) is 0 Å². The normalized spacial score (nSPS) is 31.3. The van der Waals surface area contributed by atoms with Gasteiger partial charge in [-0.25, -0.2) is 0 Å². The van der Waals surface area contributed by atoms with E-state index in [1.165, 1.54) is 0 Å². The van der Waals surface area contributed by atoms with Crippen LogP contribution in [0, 0.1) is 5.92 Å². The Kier molecular flexibility index (Phi) is 7.59. The summed E-state index contributed by atoms with van der Waals surface area (Å²) in [6.07, 6.45) is 2.24. The summed E-state index contributed by atoms with van der Waals surface area (Å²) in [6, 6.07) is -0.961. The van der Waals surface area contributed by atoms with Crippen LogP contribution in [0.15, 0.2) is 0 Å². The number of amides is 1. The first-order chi connectivity index (χ1) is 9.99. The Balaban J connectivity index is 2.81. The lowest BCUT2D eigenvalue weighted by atomic mass is 9.95. The number of hydrogen-bond donors (Lipinski definition) is 4. The standard InChI is InChI=1S/C15H30N2O4/c1-4-5-6-7-8-17-11(9-18)13(19)14(20)12(17)10(2)15(21)16-3/h10-14,18-20H,4-9H2,1-3H3,(H,16,21)/t10-,11-,12-,13-,14+/m1/s1. The number of aliphatic hydroxyl groups excluding tert-OH is 3. The maximum Gasteiger partial charge on any atom is 0.224 e. The van der Waals surface area contributed by atoms with E-state index in [-0.39, 0.29) is 12.5 Å². The van der Waals surface area contributed by atoms with Crippen molar-refractivity contribution in [3.63, 3.8) is 0 Å². The van der Waals surface area contributed by atoms with Gasteiger partial charge in [0.2, 0.25) is 5.91 Å². The van der Waals surface area contributed by atoms with Crippen LogP contribution < -0.4 is 5.32 Å². The average molecular weight is 302 g/mol. The molecular weight excluding hydrogens is 272 g/mol. The minimum absolute atomic E-state index is 0.164. The number of aliphatic hydroxyl groups is 3. The number of nitrogens with zero attached hydrogens (tertiary/aromatic N) is 1. The van der Waals surface area contributed by atoms with Gasteiger partial charge in [0.05, 0.1) is 30.8 Å². The quantitative estimate of drug-likeness (QED) is 0.463. The van der Waals surface area contributed by atoms with Gasteiger partial charge in [-0.05, 0) is 13.0 Å². The molecule has 1 amide bonds. The molecule has 6 nitrogen and oxygen atoms in total. The van der Waals surface area contributed by atoms with Gasteiger partial charge in [0.25, 0.3) is 0 Å². The van der Waals surface area contributed by atoms with Gasteiger partial charge in [-0.2, -0.15) is 0 Å². The van der Waals surface area contributed by atoms with Crippen molar-refractivity contribution < 1.29 is 20.1 Å². The van der Waals surface area contributed by atoms with Crippen LogP contribution in [0.1, 0.15) is 39.5 Å². The molecule has 5 atom stereocenters. The van der Waals surface area contributed by atoms with Gasteiger partial charge < -0.3 is 20.6 Å². The smallest absolute Gasteiger partial charge is 0.224 e. The predicted molar refractivity (Wildman–Crippen MR) is 80.8 cm³/mol. The Labute approximate surface area is 127 Å². The van der Waals surface area contributed by atoms with Gasteiger partial charge in [0.1, 0.15) is 0 Å². The molecule has 0 unspecified atom stereocenters. The van der Waals surface area contributed by atoms with E-state index in [9.17, 15) is 20.1 Å². The lowest BCUT2D eigenvalue weighted by molar-refractivity contribution is -0.127. The molecule has 0 saturated carbocycles. The molecular formula is C15H30N2O4. The van der Waals surface area contributed by atoms with Crippen molar-refractivity contribution >= 4 is 5.91 Å². The summed E-state index contributed by atoms with van der Waals surface area (Å²) >= 11 is 0. The average Bonchev–Trinajstić information content (AvgIpc) is 2.73. The van der Waals surface area contributed by atoms with E-state index in [0.29, 0.717) is 6.54 Å². The molecule has 0 aromatic carbocycles. The maximum absolute atomic E-state index is 11.9. The Morgan fingerprint density at radius 2 is 1.90 bits per heavy atom. The summed E-state index contributed by atoms with van der Waals surface area (Å²) < 4.78 is 0. The van der Waals surface area contributed by atoms with Crippen molar-refractivity contribution in [1.29, 1.82) is 0 Å². The molecule has 1 fully saturated rings. The van der Waals surface area contributed by atoms with Gasteiger partial charge >= 0.3 is 0 Å². The Bertz CT molecular complexity index is 327. The summed E-state index contributed by atoms with van der Waals surface area (Å²) in [7, 11) is 1.56. The van der Waals surface area contributed by atoms with Crippen LogP contribution >= 0.6 is 0 Å². The SMILES string of the molecule is CCCCCCN1[C@H]([C@@H](C)C(=O)NC)[C@H](O)[C@H](O)[C@H]1CO. The molecule has 21 heavy (non-hydrogen) atoms. The number of carbonyl (C=O) groups is 1. The fourth-order valence-corrected chi connectivity index (χ4v) is 3.26. The second-order valence-corrected chi connectivity index (χ2v) is 5.92. The number of carbonyl (C=O) groups excluding carboxylic acids is 1. The van der Waals surface area contributed by atoms with E-state index in [1.807, 2.05) is 4.90 Å². The number of nitrogens with one attached hydrogen (secondary N) is 1. The Hall–Kier alpha value is -0.690. The summed E-state index contributed by atoms with van der Waals surface area (Å²) in [6.45, 7) is 4.34. The molecule has 0 bridgehead atoms. The van der Waals surface area contributed by atoms with Crippen LogP contribution in [-0.2, 0) is 4.79 Å².